The maximum atomic E-state index is 13.1. The zero-order chi connectivity index (χ0) is 22.2. The molecule has 1 N–H and O–H groups in total. The van der Waals surface area contributed by atoms with Gasteiger partial charge in [0.15, 0.2) is 6.61 Å². The van der Waals surface area contributed by atoms with E-state index < -0.39 is 6.04 Å². The summed E-state index contributed by atoms with van der Waals surface area (Å²) in [6.45, 7) is 4.05. The van der Waals surface area contributed by atoms with E-state index in [0.29, 0.717) is 17.3 Å². The molecular weight excluding hydrogens is 412 g/mol. The molecule has 3 rings (SSSR count). The fourth-order valence-electron chi connectivity index (χ4n) is 3.81. The number of carbonyl (C=O) groups is 2. The lowest BCUT2D eigenvalue weighted by atomic mass is 10.1. The molecule has 31 heavy (non-hydrogen) atoms. The van der Waals surface area contributed by atoms with Crippen molar-refractivity contribution >= 4 is 23.4 Å². The predicted molar refractivity (Wildman–Crippen MR) is 123 cm³/mol. The van der Waals surface area contributed by atoms with Gasteiger partial charge in [0.2, 0.25) is 5.91 Å². The van der Waals surface area contributed by atoms with Crippen LogP contribution in [0.5, 0.6) is 5.75 Å². The summed E-state index contributed by atoms with van der Waals surface area (Å²) >= 11 is 5.99. The molecule has 1 aliphatic rings. The van der Waals surface area contributed by atoms with Crippen molar-refractivity contribution in [1.82, 2.24) is 10.2 Å². The highest BCUT2D eigenvalue weighted by Crippen LogP contribution is 2.19. The number of benzene rings is 2. The lowest BCUT2D eigenvalue weighted by Gasteiger charge is -2.29. The van der Waals surface area contributed by atoms with Gasteiger partial charge in [-0.15, -0.1) is 0 Å². The van der Waals surface area contributed by atoms with E-state index in [2.05, 4.69) is 12.2 Å². The Morgan fingerprint density at radius 1 is 1.06 bits per heavy atom. The number of aryl methyl sites for hydroxylation is 1. The van der Waals surface area contributed by atoms with E-state index in [1.165, 1.54) is 5.56 Å². The molecule has 5 nitrogen and oxygen atoms in total. The fraction of sp³-hybridized carbons (Fsp3) is 0.440. The first kappa shape index (κ1) is 23.1. The van der Waals surface area contributed by atoms with Crippen molar-refractivity contribution in [3.63, 3.8) is 0 Å². The van der Waals surface area contributed by atoms with Gasteiger partial charge in [0.1, 0.15) is 11.8 Å². The van der Waals surface area contributed by atoms with E-state index in [9.17, 15) is 9.59 Å². The molecule has 0 unspecified atom stereocenters. The zero-order valence-electron chi connectivity index (χ0n) is 18.3. The maximum Gasteiger partial charge on any atom is 0.261 e. The molecule has 0 aliphatic heterocycles. The predicted octanol–water partition coefficient (Wildman–Crippen LogP) is 4.76. The Morgan fingerprint density at radius 3 is 2.29 bits per heavy atom. The van der Waals surface area contributed by atoms with Crippen molar-refractivity contribution in [1.29, 1.82) is 0 Å². The Hall–Kier alpha value is -2.53. The molecule has 1 atom stereocenters. The van der Waals surface area contributed by atoms with Crippen molar-refractivity contribution in [3.8, 4) is 5.75 Å². The van der Waals surface area contributed by atoms with Crippen LogP contribution >= 0.6 is 11.6 Å². The molecular formula is C25H31ClN2O3. The highest BCUT2D eigenvalue weighted by atomic mass is 35.5. The third kappa shape index (κ3) is 6.73. The molecule has 1 saturated carbocycles. The van der Waals surface area contributed by atoms with Crippen LogP contribution in [-0.2, 0) is 22.6 Å². The molecule has 6 heteroatoms. The SMILES string of the molecule is CCc1ccc(OCC(=O)N(Cc2ccc(Cl)cc2)[C@@H](C)C(=O)NC2CCCC2)cc1. The molecule has 0 saturated heterocycles. The zero-order valence-corrected chi connectivity index (χ0v) is 19.0. The Morgan fingerprint density at radius 2 is 1.68 bits per heavy atom. The molecule has 1 fully saturated rings. The Labute approximate surface area is 189 Å². The number of hydrogen-bond acceptors (Lipinski definition) is 3. The third-order valence-corrected chi connectivity index (χ3v) is 6.08. The van der Waals surface area contributed by atoms with Gasteiger partial charge in [-0.3, -0.25) is 9.59 Å². The molecule has 2 amide bonds. The molecule has 0 radical (unpaired) electrons. The molecule has 0 heterocycles. The summed E-state index contributed by atoms with van der Waals surface area (Å²) in [5.41, 5.74) is 2.12. The number of amides is 2. The normalized spacial score (nSPS) is 14.8. The number of carbonyl (C=O) groups excluding carboxylic acids is 2. The van der Waals surface area contributed by atoms with Gasteiger partial charge in [0, 0.05) is 17.6 Å². The van der Waals surface area contributed by atoms with Gasteiger partial charge in [-0.2, -0.15) is 0 Å². The number of halogens is 1. The van der Waals surface area contributed by atoms with Crippen LogP contribution in [0.25, 0.3) is 0 Å². The number of rotatable bonds is 9. The van der Waals surface area contributed by atoms with E-state index in [1.54, 1.807) is 24.0 Å². The smallest absolute Gasteiger partial charge is 0.261 e. The summed E-state index contributed by atoms with van der Waals surface area (Å²) in [4.78, 5) is 27.5. The quantitative estimate of drug-likeness (QED) is 0.609. The summed E-state index contributed by atoms with van der Waals surface area (Å²) in [6, 6.07) is 14.6. The first-order chi connectivity index (χ1) is 15.0. The summed E-state index contributed by atoms with van der Waals surface area (Å²) in [6.07, 6.45) is 5.22. The largest absolute Gasteiger partial charge is 0.484 e. The van der Waals surface area contributed by atoms with E-state index in [1.807, 2.05) is 36.4 Å². The van der Waals surface area contributed by atoms with Crippen LogP contribution in [0.4, 0.5) is 0 Å². The molecule has 2 aromatic rings. The van der Waals surface area contributed by atoms with Gasteiger partial charge in [0.05, 0.1) is 0 Å². The second-order valence-electron chi connectivity index (χ2n) is 8.10. The van der Waals surface area contributed by atoms with Crippen LogP contribution in [0.3, 0.4) is 0 Å². The van der Waals surface area contributed by atoms with E-state index in [0.717, 1.165) is 37.7 Å². The third-order valence-electron chi connectivity index (χ3n) is 5.83. The number of nitrogens with one attached hydrogen (secondary N) is 1. The monoisotopic (exact) mass is 442 g/mol. The molecule has 0 bridgehead atoms. The van der Waals surface area contributed by atoms with Crippen LogP contribution in [0, 0.1) is 0 Å². The van der Waals surface area contributed by atoms with Crippen LogP contribution in [0.1, 0.15) is 50.7 Å². The lowest BCUT2D eigenvalue weighted by Crippen LogP contribution is -2.50. The molecule has 2 aromatic carbocycles. The van der Waals surface area contributed by atoms with Crippen LogP contribution in [-0.4, -0.2) is 35.4 Å². The topological polar surface area (TPSA) is 58.6 Å². The maximum absolute atomic E-state index is 13.1. The van der Waals surface area contributed by atoms with E-state index >= 15 is 0 Å². The second-order valence-corrected chi connectivity index (χ2v) is 8.54. The second kappa shape index (κ2) is 11.2. The summed E-state index contributed by atoms with van der Waals surface area (Å²) in [7, 11) is 0. The molecule has 166 valence electrons. The molecule has 0 spiro atoms. The fourth-order valence-corrected chi connectivity index (χ4v) is 3.94. The van der Waals surface area contributed by atoms with Crippen molar-refractivity contribution in [2.75, 3.05) is 6.61 Å². The van der Waals surface area contributed by atoms with E-state index in [-0.39, 0.29) is 24.5 Å². The van der Waals surface area contributed by atoms with Crippen molar-refractivity contribution in [2.24, 2.45) is 0 Å². The molecule has 0 aromatic heterocycles. The van der Waals surface area contributed by atoms with Crippen LogP contribution in [0.15, 0.2) is 48.5 Å². The molecule has 1 aliphatic carbocycles. The number of ether oxygens (including phenoxy) is 1. The highest BCUT2D eigenvalue weighted by Gasteiger charge is 2.28. The Kier molecular flexibility index (Phi) is 8.35. The minimum absolute atomic E-state index is 0.124. The van der Waals surface area contributed by atoms with E-state index in [4.69, 9.17) is 16.3 Å². The summed E-state index contributed by atoms with van der Waals surface area (Å²) in [5.74, 6) is 0.283. The highest BCUT2D eigenvalue weighted by molar-refractivity contribution is 6.30. The van der Waals surface area contributed by atoms with Crippen LogP contribution < -0.4 is 10.1 Å². The average molecular weight is 443 g/mol. The van der Waals surface area contributed by atoms with Gasteiger partial charge >= 0.3 is 0 Å². The van der Waals surface area contributed by atoms with Gasteiger partial charge < -0.3 is 15.0 Å². The average Bonchev–Trinajstić information content (AvgIpc) is 3.30. The first-order valence-corrected chi connectivity index (χ1v) is 11.4. The van der Waals surface area contributed by atoms with Crippen molar-refractivity contribution in [2.45, 2.75) is 64.6 Å². The first-order valence-electron chi connectivity index (χ1n) is 11.0. The van der Waals surface area contributed by atoms with Gasteiger partial charge in [-0.25, -0.2) is 0 Å². The van der Waals surface area contributed by atoms with Gasteiger partial charge in [0.25, 0.3) is 5.91 Å². The Bertz CT molecular complexity index is 861. The van der Waals surface area contributed by atoms with Crippen LogP contribution in [0.2, 0.25) is 5.02 Å². The lowest BCUT2D eigenvalue weighted by molar-refractivity contribution is -0.142. The summed E-state index contributed by atoms with van der Waals surface area (Å²) in [5, 5.41) is 3.73. The number of nitrogens with zero attached hydrogens (tertiary/aromatic N) is 1. The van der Waals surface area contributed by atoms with Gasteiger partial charge in [-0.1, -0.05) is 55.6 Å². The minimum Gasteiger partial charge on any atom is -0.484 e. The standard InChI is InChI=1S/C25H31ClN2O3/c1-3-19-10-14-23(15-11-19)31-17-24(29)28(16-20-8-12-21(26)13-9-20)18(2)25(30)27-22-6-4-5-7-22/h8-15,18,22H,3-7,16-17H2,1-2H3,(H,27,30)/t18-/m0/s1. The van der Waals surface area contributed by atoms with Gasteiger partial charge in [-0.05, 0) is 61.6 Å². The van der Waals surface area contributed by atoms with Crippen molar-refractivity contribution < 1.29 is 14.3 Å². The summed E-state index contributed by atoms with van der Waals surface area (Å²) < 4.78 is 5.72. The Balaban J connectivity index is 1.68. The number of hydrogen-bond donors (Lipinski definition) is 1. The van der Waals surface area contributed by atoms with Crippen molar-refractivity contribution in [3.05, 3.63) is 64.7 Å². The minimum atomic E-state index is -0.602.